The quantitative estimate of drug-likeness (QED) is 0.845. The largest absolute Gasteiger partial charge is 0.369 e. The van der Waals surface area contributed by atoms with E-state index < -0.39 is 15.8 Å². The minimum atomic E-state index is -3.63. The van der Waals surface area contributed by atoms with E-state index in [0.717, 1.165) is 5.69 Å². The van der Waals surface area contributed by atoms with Crippen LogP contribution in [0.15, 0.2) is 47.4 Å². The van der Waals surface area contributed by atoms with Gasteiger partial charge in [0.05, 0.1) is 16.5 Å². The van der Waals surface area contributed by atoms with Crippen molar-refractivity contribution in [3.8, 4) is 6.07 Å². The predicted octanol–water partition coefficient (Wildman–Crippen LogP) is 2.52. The third-order valence-electron chi connectivity index (χ3n) is 4.35. The van der Waals surface area contributed by atoms with Crippen LogP contribution in [0, 0.1) is 24.1 Å². The molecule has 0 amide bonds. The Kier molecular flexibility index (Phi) is 4.75. The number of hydrogen-bond acceptors (Lipinski definition) is 4. The summed E-state index contributed by atoms with van der Waals surface area (Å²) in [4.78, 5) is 2.24. The van der Waals surface area contributed by atoms with Crippen LogP contribution in [-0.4, -0.2) is 38.9 Å². The van der Waals surface area contributed by atoms with Crippen LogP contribution >= 0.6 is 0 Å². The summed E-state index contributed by atoms with van der Waals surface area (Å²) >= 11 is 0. The summed E-state index contributed by atoms with van der Waals surface area (Å²) in [6, 6.07) is 13.1. The number of aryl methyl sites for hydroxylation is 1. The van der Waals surface area contributed by atoms with Gasteiger partial charge >= 0.3 is 0 Å². The van der Waals surface area contributed by atoms with Gasteiger partial charge in [0.15, 0.2) is 0 Å². The van der Waals surface area contributed by atoms with Gasteiger partial charge in [0, 0.05) is 31.9 Å². The Morgan fingerprint density at radius 3 is 2.24 bits per heavy atom. The van der Waals surface area contributed by atoms with Crippen molar-refractivity contribution in [3.05, 3.63) is 59.4 Å². The Hall–Kier alpha value is -2.43. The summed E-state index contributed by atoms with van der Waals surface area (Å²) in [5.41, 5.74) is 1.97. The monoisotopic (exact) mass is 359 g/mol. The number of sulfonamides is 1. The molecule has 0 bridgehead atoms. The van der Waals surface area contributed by atoms with Gasteiger partial charge in [-0.3, -0.25) is 0 Å². The van der Waals surface area contributed by atoms with Crippen molar-refractivity contribution in [1.82, 2.24) is 4.31 Å². The Morgan fingerprint density at radius 1 is 1.04 bits per heavy atom. The van der Waals surface area contributed by atoms with Gasteiger partial charge in [0.25, 0.3) is 0 Å². The van der Waals surface area contributed by atoms with Gasteiger partial charge in [0.1, 0.15) is 5.82 Å². The molecule has 0 atom stereocenters. The highest BCUT2D eigenvalue weighted by Gasteiger charge is 2.29. The number of anilines is 1. The van der Waals surface area contributed by atoms with Crippen molar-refractivity contribution in [2.45, 2.75) is 11.8 Å². The Bertz CT molecular complexity index is 912. The molecule has 2 aromatic carbocycles. The zero-order valence-corrected chi connectivity index (χ0v) is 14.6. The van der Waals surface area contributed by atoms with Crippen molar-refractivity contribution >= 4 is 15.7 Å². The highest BCUT2D eigenvalue weighted by Crippen LogP contribution is 2.24. The van der Waals surface area contributed by atoms with Crippen molar-refractivity contribution in [1.29, 1.82) is 5.26 Å². The third kappa shape index (κ3) is 3.50. The van der Waals surface area contributed by atoms with Gasteiger partial charge in [0.2, 0.25) is 10.0 Å². The van der Waals surface area contributed by atoms with Gasteiger partial charge in [-0.2, -0.15) is 9.57 Å². The number of nitrogens with zero attached hydrogens (tertiary/aromatic N) is 3. The van der Waals surface area contributed by atoms with Crippen LogP contribution in [0.3, 0.4) is 0 Å². The summed E-state index contributed by atoms with van der Waals surface area (Å²) in [5, 5.41) is 8.85. The molecule has 25 heavy (non-hydrogen) atoms. The first-order chi connectivity index (χ1) is 11.9. The van der Waals surface area contributed by atoms with E-state index in [-0.39, 0.29) is 4.90 Å². The van der Waals surface area contributed by atoms with E-state index in [2.05, 4.69) is 11.0 Å². The van der Waals surface area contributed by atoms with Gasteiger partial charge in [-0.1, -0.05) is 0 Å². The summed E-state index contributed by atoms with van der Waals surface area (Å²) in [6.07, 6.45) is 0. The third-order valence-corrected chi connectivity index (χ3v) is 6.41. The average molecular weight is 359 g/mol. The van der Waals surface area contributed by atoms with Crippen LogP contribution < -0.4 is 4.90 Å². The number of halogens is 1. The fourth-order valence-corrected chi connectivity index (χ4v) is 4.60. The molecule has 0 aliphatic carbocycles. The smallest absolute Gasteiger partial charge is 0.243 e. The molecule has 1 heterocycles. The second-order valence-corrected chi connectivity index (χ2v) is 7.87. The first-order valence-corrected chi connectivity index (χ1v) is 9.37. The molecule has 2 aromatic rings. The molecule has 1 aliphatic rings. The maximum Gasteiger partial charge on any atom is 0.243 e. The minimum Gasteiger partial charge on any atom is -0.369 e. The molecule has 0 N–H and O–H groups in total. The summed E-state index contributed by atoms with van der Waals surface area (Å²) in [6.45, 7) is 3.44. The van der Waals surface area contributed by atoms with Crippen LogP contribution in [0.2, 0.25) is 0 Å². The first-order valence-electron chi connectivity index (χ1n) is 7.93. The molecule has 130 valence electrons. The second-order valence-electron chi connectivity index (χ2n) is 5.96. The van der Waals surface area contributed by atoms with E-state index in [0.29, 0.717) is 37.3 Å². The zero-order valence-electron chi connectivity index (χ0n) is 13.8. The fourth-order valence-electron chi connectivity index (χ4n) is 2.97. The molecule has 0 unspecified atom stereocenters. The van der Waals surface area contributed by atoms with E-state index >= 15 is 0 Å². The zero-order chi connectivity index (χ0) is 18.0. The van der Waals surface area contributed by atoms with Crippen molar-refractivity contribution < 1.29 is 12.8 Å². The van der Waals surface area contributed by atoms with Crippen LogP contribution in [0.5, 0.6) is 0 Å². The number of rotatable bonds is 3. The van der Waals surface area contributed by atoms with E-state index in [9.17, 15) is 12.8 Å². The van der Waals surface area contributed by atoms with E-state index in [4.69, 9.17) is 5.26 Å². The molecule has 5 nitrogen and oxygen atoms in total. The second kappa shape index (κ2) is 6.82. The van der Waals surface area contributed by atoms with Crippen LogP contribution in [-0.2, 0) is 10.0 Å². The lowest BCUT2D eigenvalue weighted by atomic mass is 10.2. The molecule has 1 aliphatic heterocycles. The van der Waals surface area contributed by atoms with E-state index in [1.807, 2.05) is 12.1 Å². The highest BCUT2D eigenvalue weighted by molar-refractivity contribution is 7.89. The maximum atomic E-state index is 13.2. The lowest BCUT2D eigenvalue weighted by Gasteiger charge is -2.35. The molecule has 0 saturated carbocycles. The summed E-state index contributed by atoms with van der Waals surface area (Å²) in [5.74, 6) is -0.443. The molecule has 0 radical (unpaired) electrons. The van der Waals surface area contributed by atoms with Gasteiger partial charge in [-0.15, -0.1) is 0 Å². The fraction of sp³-hybridized carbons (Fsp3) is 0.278. The van der Waals surface area contributed by atoms with Crippen LogP contribution in [0.25, 0.3) is 0 Å². The first kappa shape index (κ1) is 17.4. The van der Waals surface area contributed by atoms with Crippen molar-refractivity contribution in [2.24, 2.45) is 0 Å². The molecular formula is C18H18FN3O2S. The molecule has 1 fully saturated rings. The maximum absolute atomic E-state index is 13.2. The molecule has 7 heteroatoms. The normalized spacial score (nSPS) is 15.8. The molecule has 1 saturated heterocycles. The van der Waals surface area contributed by atoms with E-state index in [1.54, 1.807) is 19.1 Å². The molecule has 3 rings (SSSR count). The lowest BCUT2D eigenvalue weighted by molar-refractivity contribution is 0.384. The van der Waals surface area contributed by atoms with Crippen molar-refractivity contribution in [3.63, 3.8) is 0 Å². The standard InChI is InChI=1S/C18H18FN3O2S/c1-14-12-16(19)4-7-18(14)25(23,24)22-10-8-21(9-11-22)17-5-2-15(13-20)3-6-17/h2-7,12H,8-11H2,1H3. The van der Waals surface area contributed by atoms with Gasteiger partial charge < -0.3 is 4.90 Å². The Balaban J connectivity index is 1.73. The SMILES string of the molecule is Cc1cc(F)ccc1S(=O)(=O)N1CCN(c2ccc(C#N)cc2)CC1. The van der Waals surface area contributed by atoms with Crippen LogP contribution in [0.4, 0.5) is 10.1 Å². The summed E-state index contributed by atoms with van der Waals surface area (Å²) < 4.78 is 40.3. The van der Waals surface area contributed by atoms with Gasteiger partial charge in [-0.25, -0.2) is 12.8 Å². The van der Waals surface area contributed by atoms with E-state index in [1.165, 1.54) is 22.5 Å². The number of piperazine rings is 1. The number of benzene rings is 2. The summed E-state index contributed by atoms with van der Waals surface area (Å²) in [7, 11) is -3.63. The topological polar surface area (TPSA) is 64.4 Å². The minimum absolute atomic E-state index is 0.153. The Morgan fingerprint density at radius 2 is 1.68 bits per heavy atom. The van der Waals surface area contributed by atoms with Gasteiger partial charge in [-0.05, 0) is 55.0 Å². The van der Waals surface area contributed by atoms with Crippen molar-refractivity contribution in [2.75, 3.05) is 31.1 Å². The molecule has 0 aromatic heterocycles. The molecular weight excluding hydrogens is 341 g/mol. The highest BCUT2D eigenvalue weighted by atomic mass is 32.2. The average Bonchev–Trinajstić information content (AvgIpc) is 2.61. The van der Waals surface area contributed by atoms with Crippen LogP contribution in [0.1, 0.15) is 11.1 Å². The number of hydrogen-bond donors (Lipinski definition) is 0. The molecule has 0 spiro atoms. The Labute approximate surface area is 147 Å². The predicted molar refractivity (Wildman–Crippen MR) is 93.3 cm³/mol. The number of nitriles is 1. The lowest BCUT2D eigenvalue weighted by Crippen LogP contribution is -2.48.